The van der Waals surface area contributed by atoms with Gasteiger partial charge in [-0.3, -0.25) is 10.1 Å². The van der Waals surface area contributed by atoms with Crippen LogP contribution >= 0.6 is 11.6 Å². The van der Waals surface area contributed by atoms with Crippen molar-refractivity contribution in [1.29, 1.82) is 0 Å². The lowest BCUT2D eigenvalue weighted by Gasteiger charge is -2.14. The Balaban J connectivity index is 2.30. The number of nitrogens with zero attached hydrogens (tertiary/aromatic N) is 3. The smallest absolute Gasteiger partial charge is 0.276 e. The zero-order valence-corrected chi connectivity index (χ0v) is 11.8. The van der Waals surface area contributed by atoms with E-state index < -0.39 is 4.92 Å². The molecule has 1 heterocycles. The average Bonchev–Trinajstić information content (AvgIpc) is 2.38. The van der Waals surface area contributed by atoms with Crippen molar-refractivity contribution in [2.45, 2.75) is 0 Å². The number of aromatic nitrogens is 1. The summed E-state index contributed by atoms with van der Waals surface area (Å²) in [5.74, 6) is 0.333. The first kappa shape index (κ1) is 14.1. The summed E-state index contributed by atoms with van der Waals surface area (Å²) in [6.07, 6.45) is 0. The highest BCUT2D eigenvalue weighted by molar-refractivity contribution is 6.29. The molecule has 0 aliphatic rings. The quantitative estimate of drug-likeness (QED) is 0.531. The van der Waals surface area contributed by atoms with Gasteiger partial charge in [0, 0.05) is 25.5 Å². The van der Waals surface area contributed by atoms with Crippen molar-refractivity contribution in [1.82, 2.24) is 4.98 Å². The van der Waals surface area contributed by atoms with Crippen LogP contribution in [0.1, 0.15) is 0 Å². The maximum absolute atomic E-state index is 10.8. The molecule has 104 valence electrons. The number of rotatable bonds is 4. The minimum Gasteiger partial charge on any atom is -0.378 e. The largest absolute Gasteiger partial charge is 0.378 e. The third-order valence-corrected chi connectivity index (χ3v) is 2.82. The van der Waals surface area contributed by atoms with Gasteiger partial charge in [0.2, 0.25) is 0 Å². The van der Waals surface area contributed by atoms with E-state index in [1.54, 1.807) is 0 Å². The summed E-state index contributed by atoms with van der Waals surface area (Å²) < 4.78 is 0. The van der Waals surface area contributed by atoms with Crippen LogP contribution in [-0.2, 0) is 0 Å². The van der Waals surface area contributed by atoms with E-state index in [0.29, 0.717) is 5.82 Å². The molecular formula is C13H13ClN4O2. The van der Waals surface area contributed by atoms with E-state index in [1.165, 1.54) is 12.1 Å². The minimum absolute atomic E-state index is 0.0745. The predicted molar refractivity (Wildman–Crippen MR) is 80.0 cm³/mol. The van der Waals surface area contributed by atoms with Crippen molar-refractivity contribution in [3.8, 4) is 0 Å². The lowest BCUT2D eigenvalue weighted by atomic mass is 10.2. The van der Waals surface area contributed by atoms with E-state index in [-0.39, 0.29) is 10.8 Å². The summed E-state index contributed by atoms with van der Waals surface area (Å²) in [4.78, 5) is 16.3. The molecule has 0 radical (unpaired) electrons. The fourth-order valence-electron chi connectivity index (χ4n) is 1.66. The molecule has 1 aromatic carbocycles. The second-order valence-corrected chi connectivity index (χ2v) is 4.75. The van der Waals surface area contributed by atoms with Crippen molar-refractivity contribution in [2.75, 3.05) is 24.3 Å². The monoisotopic (exact) mass is 292 g/mol. The Morgan fingerprint density at radius 1 is 1.30 bits per heavy atom. The van der Waals surface area contributed by atoms with E-state index in [0.717, 1.165) is 11.4 Å². The van der Waals surface area contributed by atoms with Gasteiger partial charge in [0.25, 0.3) is 5.69 Å². The third-order valence-electron chi connectivity index (χ3n) is 2.62. The van der Waals surface area contributed by atoms with Crippen LogP contribution in [0.5, 0.6) is 0 Å². The van der Waals surface area contributed by atoms with Crippen molar-refractivity contribution < 1.29 is 4.92 Å². The summed E-state index contributed by atoms with van der Waals surface area (Å²) in [6, 6.07) is 10.2. The molecule has 0 bridgehead atoms. The fraction of sp³-hybridized carbons (Fsp3) is 0.154. The molecular weight excluding hydrogens is 280 g/mol. The number of anilines is 3. The predicted octanol–water partition coefficient (Wildman–Crippen LogP) is 3.45. The van der Waals surface area contributed by atoms with Gasteiger partial charge in [0.05, 0.1) is 17.1 Å². The Hall–Kier alpha value is -2.34. The van der Waals surface area contributed by atoms with Crippen LogP contribution in [0.2, 0.25) is 5.15 Å². The van der Waals surface area contributed by atoms with Gasteiger partial charge < -0.3 is 10.2 Å². The summed E-state index contributed by atoms with van der Waals surface area (Å²) in [5.41, 5.74) is 1.68. The highest BCUT2D eigenvalue weighted by Gasteiger charge is 2.10. The molecule has 1 N–H and O–H groups in total. The normalized spacial score (nSPS) is 10.2. The number of nitro groups is 1. The van der Waals surface area contributed by atoms with E-state index in [2.05, 4.69) is 10.3 Å². The Labute approximate surface area is 121 Å². The third kappa shape index (κ3) is 3.36. The standard InChI is InChI=1S/C13H13ClN4O2/c1-17(2)10-5-3-4-9(6-10)15-13-8-11(18(19)20)7-12(14)16-13/h3-8H,1-2H3,(H,15,16). The lowest BCUT2D eigenvalue weighted by Crippen LogP contribution is -2.08. The van der Waals surface area contributed by atoms with Crippen LogP contribution in [0.25, 0.3) is 0 Å². The first-order chi connectivity index (χ1) is 9.45. The Morgan fingerprint density at radius 3 is 2.70 bits per heavy atom. The maximum atomic E-state index is 10.8. The van der Waals surface area contributed by atoms with Crippen LogP contribution in [0, 0.1) is 10.1 Å². The van der Waals surface area contributed by atoms with Crippen LogP contribution in [0.4, 0.5) is 22.9 Å². The molecule has 0 spiro atoms. The molecule has 0 fully saturated rings. The summed E-state index contributed by atoms with van der Waals surface area (Å²) in [6.45, 7) is 0. The average molecular weight is 293 g/mol. The minimum atomic E-state index is -0.505. The number of benzene rings is 1. The first-order valence-electron chi connectivity index (χ1n) is 5.82. The molecule has 0 amide bonds. The van der Waals surface area contributed by atoms with Crippen LogP contribution in [-0.4, -0.2) is 24.0 Å². The first-order valence-corrected chi connectivity index (χ1v) is 6.20. The van der Waals surface area contributed by atoms with Crippen LogP contribution in [0.15, 0.2) is 36.4 Å². The molecule has 20 heavy (non-hydrogen) atoms. The molecule has 0 unspecified atom stereocenters. The van der Waals surface area contributed by atoms with Gasteiger partial charge in [0.15, 0.2) is 0 Å². The van der Waals surface area contributed by atoms with Gasteiger partial charge in [-0.2, -0.15) is 0 Å². The van der Waals surface area contributed by atoms with Crippen LogP contribution in [0.3, 0.4) is 0 Å². The second kappa shape index (κ2) is 5.75. The van der Waals surface area contributed by atoms with E-state index in [4.69, 9.17) is 11.6 Å². The van der Waals surface area contributed by atoms with E-state index >= 15 is 0 Å². The number of hydrogen-bond donors (Lipinski definition) is 1. The van der Waals surface area contributed by atoms with Gasteiger partial charge in [-0.05, 0) is 18.2 Å². The van der Waals surface area contributed by atoms with Crippen molar-refractivity contribution in [3.05, 3.63) is 51.7 Å². The van der Waals surface area contributed by atoms with Gasteiger partial charge >= 0.3 is 0 Å². The molecule has 6 nitrogen and oxygen atoms in total. The molecule has 0 saturated heterocycles. The number of nitrogens with one attached hydrogen (secondary N) is 1. The van der Waals surface area contributed by atoms with Crippen molar-refractivity contribution >= 4 is 34.5 Å². The Morgan fingerprint density at radius 2 is 2.05 bits per heavy atom. The zero-order chi connectivity index (χ0) is 14.7. The van der Waals surface area contributed by atoms with Gasteiger partial charge in [-0.1, -0.05) is 17.7 Å². The molecule has 0 atom stereocenters. The van der Waals surface area contributed by atoms with Crippen molar-refractivity contribution in [3.63, 3.8) is 0 Å². The van der Waals surface area contributed by atoms with Gasteiger partial charge in [-0.25, -0.2) is 4.98 Å². The SMILES string of the molecule is CN(C)c1cccc(Nc2cc([N+](=O)[O-])cc(Cl)n2)c1. The number of halogens is 1. The van der Waals surface area contributed by atoms with Gasteiger partial charge in [-0.15, -0.1) is 0 Å². The topological polar surface area (TPSA) is 71.3 Å². The highest BCUT2D eigenvalue weighted by atomic mass is 35.5. The lowest BCUT2D eigenvalue weighted by molar-refractivity contribution is -0.384. The van der Waals surface area contributed by atoms with E-state index in [9.17, 15) is 10.1 Å². The molecule has 1 aromatic heterocycles. The Bertz CT molecular complexity index is 646. The molecule has 0 saturated carbocycles. The number of hydrogen-bond acceptors (Lipinski definition) is 5. The molecule has 2 rings (SSSR count). The van der Waals surface area contributed by atoms with E-state index in [1.807, 2.05) is 43.3 Å². The highest BCUT2D eigenvalue weighted by Crippen LogP contribution is 2.25. The number of pyridine rings is 1. The van der Waals surface area contributed by atoms with Gasteiger partial charge in [0.1, 0.15) is 11.0 Å². The van der Waals surface area contributed by atoms with Crippen molar-refractivity contribution in [2.24, 2.45) is 0 Å². The zero-order valence-electron chi connectivity index (χ0n) is 11.0. The van der Waals surface area contributed by atoms with Crippen LogP contribution < -0.4 is 10.2 Å². The Kier molecular flexibility index (Phi) is 4.05. The fourth-order valence-corrected chi connectivity index (χ4v) is 1.87. The summed E-state index contributed by atoms with van der Waals surface area (Å²) in [7, 11) is 3.86. The summed E-state index contributed by atoms with van der Waals surface area (Å²) in [5, 5.41) is 13.9. The maximum Gasteiger partial charge on any atom is 0.276 e. The molecule has 0 aliphatic heterocycles. The second-order valence-electron chi connectivity index (χ2n) is 4.36. The molecule has 0 aliphatic carbocycles. The summed E-state index contributed by atoms with van der Waals surface area (Å²) >= 11 is 5.78. The molecule has 7 heteroatoms. The molecule has 2 aromatic rings.